The number of oxazole rings is 1. The molecule has 1 saturated heterocycles. The largest absolute Gasteiger partial charge is 0.441 e. The number of carbonyl (C=O) groups is 2. The Hall–Kier alpha value is -3.15. The zero-order valence-corrected chi connectivity index (χ0v) is 16.1. The first-order chi connectivity index (χ1) is 13.4. The van der Waals surface area contributed by atoms with Crippen molar-refractivity contribution in [1.29, 1.82) is 0 Å². The van der Waals surface area contributed by atoms with Gasteiger partial charge in [-0.3, -0.25) is 9.59 Å². The van der Waals surface area contributed by atoms with Gasteiger partial charge in [-0.1, -0.05) is 18.2 Å². The lowest BCUT2D eigenvalue weighted by Crippen LogP contribution is -2.50. The number of anilines is 1. The van der Waals surface area contributed by atoms with E-state index < -0.39 is 5.41 Å². The van der Waals surface area contributed by atoms with Gasteiger partial charge in [0.05, 0.1) is 5.41 Å². The van der Waals surface area contributed by atoms with E-state index in [1.807, 2.05) is 49.4 Å². The molecule has 1 aromatic heterocycles. The van der Waals surface area contributed by atoms with Gasteiger partial charge in [0, 0.05) is 37.3 Å². The lowest BCUT2D eigenvalue weighted by atomic mass is 9.80. The standard InChI is InChI=1S/C22H23N3O3/c1-15-23-18-10-9-17(13-19(18)28-15)24-21(27)22(2)11-6-12-25(14-22)20(26)16-7-4-3-5-8-16/h3-5,7-10,13H,6,11-12,14H2,1-2H3,(H,24,27). The molecule has 28 heavy (non-hydrogen) atoms. The molecule has 0 spiro atoms. The van der Waals surface area contributed by atoms with E-state index in [1.165, 1.54) is 0 Å². The van der Waals surface area contributed by atoms with Crippen LogP contribution in [0.15, 0.2) is 52.9 Å². The Kier molecular flexibility index (Phi) is 4.63. The van der Waals surface area contributed by atoms with Gasteiger partial charge in [0.15, 0.2) is 11.5 Å². The summed E-state index contributed by atoms with van der Waals surface area (Å²) in [4.78, 5) is 31.9. The van der Waals surface area contributed by atoms with Crippen molar-refractivity contribution < 1.29 is 14.0 Å². The Labute approximate surface area is 163 Å². The number of hydrogen-bond acceptors (Lipinski definition) is 4. The number of fused-ring (bicyclic) bond motifs is 1. The number of nitrogens with one attached hydrogen (secondary N) is 1. The highest BCUT2D eigenvalue weighted by Gasteiger charge is 2.39. The molecule has 0 aliphatic carbocycles. The molecule has 1 aliphatic heterocycles. The minimum Gasteiger partial charge on any atom is -0.441 e. The third-order valence-electron chi connectivity index (χ3n) is 5.31. The minimum atomic E-state index is -0.644. The number of nitrogens with zero attached hydrogens (tertiary/aromatic N) is 2. The number of piperidine rings is 1. The molecule has 1 atom stereocenters. The van der Waals surface area contributed by atoms with Crippen LogP contribution in [0.1, 0.15) is 36.0 Å². The molecule has 1 fully saturated rings. The number of likely N-dealkylation sites (tertiary alicyclic amines) is 1. The number of amides is 2. The monoisotopic (exact) mass is 377 g/mol. The maximum Gasteiger partial charge on any atom is 0.253 e. The van der Waals surface area contributed by atoms with Crippen LogP contribution in [0.2, 0.25) is 0 Å². The molecule has 2 amide bonds. The lowest BCUT2D eigenvalue weighted by molar-refractivity contribution is -0.127. The van der Waals surface area contributed by atoms with Gasteiger partial charge >= 0.3 is 0 Å². The van der Waals surface area contributed by atoms with Crippen molar-refractivity contribution in [1.82, 2.24) is 9.88 Å². The van der Waals surface area contributed by atoms with Crippen LogP contribution >= 0.6 is 0 Å². The molecule has 6 nitrogen and oxygen atoms in total. The van der Waals surface area contributed by atoms with Crippen LogP contribution in [0.4, 0.5) is 5.69 Å². The van der Waals surface area contributed by atoms with Gasteiger partial charge in [0.1, 0.15) is 5.52 Å². The first-order valence-electron chi connectivity index (χ1n) is 9.48. The summed E-state index contributed by atoms with van der Waals surface area (Å²) in [7, 11) is 0. The molecule has 1 aliphatic rings. The summed E-state index contributed by atoms with van der Waals surface area (Å²) in [6.45, 7) is 4.78. The average molecular weight is 377 g/mol. The first kappa shape index (κ1) is 18.2. The van der Waals surface area contributed by atoms with E-state index in [9.17, 15) is 9.59 Å². The van der Waals surface area contributed by atoms with Crippen molar-refractivity contribution in [3.8, 4) is 0 Å². The minimum absolute atomic E-state index is 0.0297. The summed E-state index contributed by atoms with van der Waals surface area (Å²) in [5.74, 6) is 0.472. The fraction of sp³-hybridized carbons (Fsp3) is 0.318. The Morgan fingerprint density at radius 2 is 1.96 bits per heavy atom. The maximum absolute atomic E-state index is 13.0. The van der Waals surface area contributed by atoms with Crippen LogP contribution < -0.4 is 5.32 Å². The Balaban J connectivity index is 1.49. The van der Waals surface area contributed by atoms with E-state index in [0.717, 1.165) is 18.4 Å². The van der Waals surface area contributed by atoms with Crippen molar-refractivity contribution in [3.63, 3.8) is 0 Å². The summed E-state index contributed by atoms with van der Waals surface area (Å²) in [5, 5.41) is 2.99. The number of benzene rings is 2. The fourth-order valence-electron chi connectivity index (χ4n) is 3.76. The highest BCUT2D eigenvalue weighted by molar-refractivity contribution is 5.98. The average Bonchev–Trinajstić information content (AvgIpc) is 3.07. The highest BCUT2D eigenvalue weighted by Crippen LogP contribution is 2.32. The topological polar surface area (TPSA) is 75.4 Å². The van der Waals surface area contributed by atoms with Gasteiger partial charge in [0.2, 0.25) is 5.91 Å². The van der Waals surface area contributed by atoms with Crippen LogP contribution in [-0.4, -0.2) is 34.8 Å². The first-order valence-corrected chi connectivity index (χ1v) is 9.48. The molecule has 0 bridgehead atoms. The second-order valence-electron chi connectivity index (χ2n) is 7.63. The molecule has 1 N–H and O–H groups in total. The molecule has 3 aromatic rings. The van der Waals surface area contributed by atoms with Crippen molar-refractivity contribution in [2.24, 2.45) is 5.41 Å². The van der Waals surface area contributed by atoms with Crippen LogP contribution in [0.25, 0.3) is 11.1 Å². The van der Waals surface area contributed by atoms with Crippen LogP contribution in [0.5, 0.6) is 0 Å². The predicted octanol–water partition coefficient (Wildman–Crippen LogP) is 4.02. The summed E-state index contributed by atoms with van der Waals surface area (Å²) in [5.41, 5.74) is 2.08. The Morgan fingerprint density at radius 1 is 1.18 bits per heavy atom. The van der Waals surface area contributed by atoms with Gasteiger partial charge < -0.3 is 14.6 Å². The van der Waals surface area contributed by atoms with Gasteiger partial charge in [-0.25, -0.2) is 4.98 Å². The zero-order chi connectivity index (χ0) is 19.7. The second kappa shape index (κ2) is 7.11. The molecular formula is C22H23N3O3. The number of rotatable bonds is 3. The zero-order valence-electron chi connectivity index (χ0n) is 16.1. The molecular weight excluding hydrogens is 354 g/mol. The third-order valence-corrected chi connectivity index (χ3v) is 5.31. The van der Waals surface area contributed by atoms with Crippen LogP contribution in [0, 0.1) is 12.3 Å². The van der Waals surface area contributed by atoms with Crippen molar-refractivity contribution in [2.45, 2.75) is 26.7 Å². The SMILES string of the molecule is Cc1nc2ccc(NC(=O)C3(C)CCCN(C(=O)c4ccccc4)C3)cc2o1. The van der Waals surface area contributed by atoms with Gasteiger partial charge in [0.25, 0.3) is 5.91 Å². The second-order valence-corrected chi connectivity index (χ2v) is 7.63. The van der Waals surface area contributed by atoms with E-state index in [-0.39, 0.29) is 11.8 Å². The highest BCUT2D eigenvalue weighted by atomic mass is 16.3. The quantitative estimate of drug-likeness (QED) is 0.748. The Bertz CT molecular complexity index is 1030. The molecule has 1 unspecified atom stereocenters. The number of aryl methyl sites for hydroxylation is 1. The van der Waals surface area contributed by atoms with Gasteiger partial charge in [-0.15, -0.1) is 0 Å². The van der Waals surface area contributed by atoms with Crippen LogP contribution in [-0.2, 0) is 4.79 Å². The molecule has 4 rings (SSSR count). The number of carbonyl (C=O) groups excluding carboxylic acids is 2. The van der Waals surface area contributed by atoms with Crippen molar-refractivity contribution >= 4 is 28.6 Å². The fourth-order valence-corrected chi connectivity index (χ4v) is 3.76. The van der Waals surface area contributed by atoms with E-state index in [0.29, 0.717) is 35.8 Å². The normalized spacial score (nSPS) is 19.6. The summed E-state index contributed by atoms with van der Waals surface area (Å²) < 4.78 is 5.54. The number of aromatic nitrogens is 1. The van der Waals surface area contributed by atoms with Crippen molar-refractivity contribution in [2.75, 3.05) is 18.4 Å². The maximum atomic E-state index is 13.0. The number of hydrogen-bond donors (Lipinski definition) is 1. The van der Waals surface area contributed by atoms with E-state index >= 15 is 0 Å². The molecule has 0 saturated carbocycles. The molecule has 144 valence electrons. The van der Waals surface area contributed by atoms with Gasteiger partial charge in [-0.05, 0) is 44.0 Å². The van der Waals surface area contributed by atoms with E-state index in [1.54, 1.807) is 17.9 Å². The third kappa shape index (κ3) is 3.50. The summed E-state index contributed by atoms with van der Waals surface area (Å²) in [6.07, 6.45) is 1.53. The summed E-state index contributed by atoms with van der Waals surface area (Å²) >= 11 is 0. The lowest BCUT2D eigenvalue weighted by Gasteiger charge is -2.39. The smallest absolute Gasteiger partial charge is 0.253 e. The van der Waals surface area contributed by atoms with E-state index in [2.05, 4.69) is 10.3 Å². The predicted molar refractivity (Wildman–Crippen MR) is 107 cm³/mol. The molecule has 2 aromatic carbocycles. The summed E-state index contributed by atoms with van der Waals surface area (Å²) in [6, 6.07) is 14.6. The molecule has 6 heteroatoms. The van der Waals surface area contributed by atoms with E-state index in [4.69, 9.17) is 4.42 Å². The van der Waals surface area contributed by atoms with Crippen molar-refractivity contribution in [3.05, 3.63) is 60.0 Å². The molecule has 2 heterocycles. The van der Waals surface area contributed by atoms with Gasteiger partial charge in [-0.2, -0.15) is 0 Å². The Morgan fingerprint density at radius 3 is 2.75 bits per heavy atom. The van der Waals surface area contributed by atoms with Crippen LogP contribution in [0.3, 0.4) is 0 Å². The molecule has 0 radical (unpaired) electrons.